The van der Waals surface area contributed by atoms with Crippen molar-refractivity contribution in [1.82, 2.24) is 9.80 Å². The molecule has 3 fully saturated rings. The fourth-order valence-electron chi connectivity index (χ4n) is 5.24. The summed E-state index contributed by atoms with van der Waals surface area (Å²) < 4.78 is 0. The first kappa shape index (κ1) is 25.0. The van der Waals surface area contributed by atoms with Gasteiger partial charge >= 0.3 is 0 Å². The molecule has 5 nitrogen and oxygen atoms in total. The molecule has 0 bridgehead atoms. The molecule has 0 N–H and O–H groups in total. The number of halogens is 2. The van der Waals surface area contributed by atoms with Gasteiger partial charge in [-0.05, 0) is 49.8 Å². The van der Waals surface area contributed by atoms with Gasteiger partial charge in [-0.1, -0.05) is 31.0 Å². The van der Waals surface area contributed by atoms with Crippen LogP contribution in [-0.2, 0) is 9.59 Å². The monoisotopic (exact) mass is 455 g/mol. The van der Waals surface area contributed by atoms with Crippen LogP contribution in [0.2, 0.25) is 0 Å². The summed E-state index contributed by atoms with van der Waals surface area (Å²) in [5, 5.41) is 0. The molecule has 0 unspecified atom stereocenters. The van der Waals surface area contributed by atoms with Crippen molar-refractivity contribution >= 4 is 42.3 Å². The second-order valence-corrected chi connectivity index (χ2v) is 8.87. The number of amides is 2. The molecule has 168 valence electrons. The van der Waals surface area contributed by atoms with Crippen molar-refractivity contribution in [3.63, 3.8) is 0 Å². The highest BCUT2D eigenvalue weighted by molar-refractivity contribution is 5.98. The number of piperazine rings is 1. The Morgan fingerprint density at radius 3 is 1.93 bits per heavy atom. The third-order valence-corrected chi connectivity index (χ3v) is 6.92. The number of imide groups is 1. The molecule has 7 heteroatoms. The molecular weight excluding hydrogens is 421 g/mol. The minimum absolute atomic E-state index is 0. The average molecular weight is 456 g/mol. The van der Waals surface area contributed by atoms with Gasteiger partial charge in [0.25, 0.3) is 0 Å². The van der Waals surface area contributed by atoms with E-state index in [-0.39, 0.29) is 42.0 Å². The Bertz CT molecular complexity index is 667. The van der Waals surface area contributed by atoms with Crippen molar-refractivity contribution < 1.29 is 9.59 Å². The van der Waals surface area contributed by atoms with Gasteiger partial charge in [-0.3, -0.25) is 19.4 Å². The molecule has 2 saturated heterocycles. The minimum atomic E-state index is 0. The number of carbonyl (C=O) groups excluding carboxylic acids is 2. The van der Waals surface area contributed by atoms with Crippen LogP contribution >= 0.6 is 24.8 Å². The lowest BCUT2D eigenvalue weighted by Crippen LogP contribution is -2.48. The van der Waals surface area contributed by atoms with Gasteiger partial charge in [0.2, 0.25) is 11.8 Å². The van der Waals surface area contributed by atoms with Gasteiger partial charge in [0.15, 0.2) is 0 Å². The fraction of sp³-hybridized carbons (Fsp3) is 0.652. The van der Waals surface area contributed by atoms with Crippen LogP contribution < -0.4 is 4.90 Å². The summed E-state index contributed by atoms with van der Waals surface area (Å²) in [6.45, 7) is 5.96. The number of benzene rings is 1. The first-order chi connectivity index (χ1) is 13.7. The number of hydrogen-bond donors (Lipinski definition) is 0. The predicted octanol–water partition coefficient (Wildman–Crippen LogP) is 4.14. The molecule has 3 aliphatic rings. The Balaban J connectivity index is 0.00000160. The van der Waals surface area contributed by atoms with Crippen LogP contribution in [0, 0.1) is 5.41 Å². The number of piperidine rings is 1. The van der Waals surface area contributed by atoms with Gasteiger partial charge < -0.3 is 4.90 Å². The van der Waals surface area contributed by atoms with Crippen molar-refractivity contribution in [1.29, 1.82) is 0 Å². The van der Waals surface area contributed by atoms with E-state index in [1.165, 1.54) is 18.5 Å². The summed E-state index contributed by atoms with van der Waals surface area (Å²) in [5.74, 6) is 0.157. The van der Waals surface area contributed by atoms with Crippen LogP contribution in [-0.4, -0.2) is 60.9 Å². The van der Waals surface area contributed by atoms with Crippen LogP contribution in [0.15, 0.2) is 30.3 Å². The summed E-state index contributed by atoms with van der Waals surface area (Å²) in [5.41, 5.74) is 1.33. The summed E-state index contributed by atoms with van der Waals surface area (Å²) in [7, 11) is 0. The molecular formula is C23H35Cl2N3O2. The molecule has 2 amide bonds. The second kappa shape index (κ2) is 11.4. The number of likely N-dealkylation sites (tertiary alicyclic amines) is 1. The highest BCUT2D eigenvalue weighted by Crippen LogP contribution is 2.46. The van der Waals surface area contributed by atoms with Crippen molar-refractivity contribution in [3.05, 3.63) is 30.3 Å². The number of carbonyl (C=O) groups is 2. The molecule has 0 radical (unpaired) electrons. The Hall–Kier alpha value is -1.30. The number of unbranched alkanes of at least 4 members (excludes halogenated alkanes) is 1. The van der Waals surface area contributed by atoms with Crippen LogP contribution in [0.1, 0.15) is 51.4 Å². The molecule has 0 aromatic heterocycles. The smallest absolute Gasteiger partial charge is 0.229 e. The minimum Gasteiger partial charge on any atom is -0.369 e. The molecule has 4 rings (SSSR count). The van der Waals surface area contributed by atoms with Gasteiger partial charge in [-0.2, -0.15) is 0 Å². The Morgan fingerprint density at radius 2 is 1.33 bits per heavy atom. The van der Waals surface area contributed by atoms with Gasteiger partial charge in [0.05, 0.1) is 0 Å². The lowest BCUT2D eigenvalue weighted by atomic mass is 9.76. The van der Waals surface area contributed by atoms with E-state index < -0.39 is 0 Å². The normalized spacial score (nSPS) is 21.5. The Kier molecular flexibility index (Phi) is 9.45. The predicted molar refractivity (Wildman–Crippen MR) is 126 cm³/mol. The van der Waals surface area contributed by atoms with Crippen molar-refractivity contribution in [2.24, 2.45) is 5.41 Å². The van der Waals surface area contributed by atoms with E-state index >= 15 is 0 Å². The largest absolute Gasteiger partial charge is 0.369 e. The molecule has 2 heterocycles. The SMILES string of the molecule is Cl.Cl.O=C1CC2(CCCC2)CC(=O)N1CCCCN1CCN(c2ccccc2)CC1. The van der Waals surface area contributed by atoms with Gasteiger partial charge in [0.1, 0.15) is 0 Å². The third-order valence-electron chi connectivity index (χ3n) is 6.92. The fourth-order valence-corrected chi connectivity index (χ4v) is 5.24. The Morgan fingerprint density at radius 1 is 0.767 bits per heavy atom. The third kappa shape index (κ3) is 5.89. The van der Waals surface area contributed by atoms with E-state index in [0.717, 1.165) is 58.4 Å². The van der Waals surface area contributed by atoms with Gasteiger partial charge in [-0.15, -0.1) is 24.8 Å². The quantitative estimate of drug-likeness (QED) is 0.477. The van der Waals surface area contributed by atoms with E-state index in [4.69, 9.17) is 0 Å². The average Bonchev–Trinajstić information content (AvgIpc) is 3.15. The Labute approximate surface area is 193 Å². The van der Waals surface area contributed by atoms with Crippen LogP contribution in [0.5, 0.6) is 0 Å². The van der Waals surface area contributed by atoms with Crippen molar-refractivity contribution in [2.45, 2.75) is 51.4 Å². The summed E-state index contributed by atoms with van der Waals surface area (Å²) in [6.07, 6.45) is 7.65. The molecule has 1 aliphatic carbocycles. The molecule has 2 aliphatic heterocycles. The molecule has 1 saturated carbocycles. The van der Waals surface area contributed by atoms with Crippen LogP contribution in [0.3, 0.4) is 0 Å². The lowest BCUT2D eigenvalue weighted by molar-refractivity contribution is -0.153. The summed E-state index contributed by atoms with van der Waals surface area (Å²) in [4.78, 5) is 31.5. The summed E-state index contributed by atoms with van der Waals surface area (Å²) in [6, 6.07) is 10.6. The zero-order chi connectivity index (χ0) is 19.4. The number of para-hydroxylation sites is 1. The van der Waals surface area contributed by atoms with Gasteiger partial charge in [-0.25, -0.2) is 0 Å². The first-order valence-corrected chi connectivity index (χ1v) is 11.0. The molecule has 30 heavy (non-hydrogen) atoms. The van der Waals surface area contributed by atoms with Gasteiger partial charge in [0, 0.05) is 51.3 Å². The highest BCUT2D eigenvalue weighted by Gasteiger charge is 2.44. The number of anilines is 1. The van der Waals surface area contributed by atoms with E-state index in [0.29, 0.717) is 19.4 Å². The number of hydrogen-bond acceptors (Lipinski definition) is 4. The molecule has 1 spiro atoms. The maximum absolute atomic E-state index is 12.5. The topological polar surface area (TPSA) is 43.9 Å². The summed E-state index contributed by atoms with van der Waals surface area (Å²) >= 11 is 0. The zero-order valence-electron chi connectivity index (χ0n) is 17.8. The van der Waals surface area contributed by atoms with E-state index in [2.05, 4.69) is 40.1 Å². The van der Waals surface area contributed by atoms with Crippen LogP contribution in [0.25, 0.3) is 0 Å². The molecule has 1 aromatic rings. The molecule has 1 aromatic carbocycles. The van der Waals surface area contributed by atoms with E-state index in [9.17, 15) is 9.59 Å². The maximum atomic E-state index is 12.5. The maximum Gasteiger partial charge on any atom is 0.229 e. The number of nitrogens with zero attached hydrogens (tertiary/aromatic N) is 3. The zero-order valence-corrected chi connectivity index (χ0v) is 19.4. The first-order valence-electron chi connectivity index (χ1n) is 11.0. The standard InChI is InChI=1S/C23H33N3O2.2ClH/c27-21-18-23(10-4-5-11-23)19-22(28)26(21)13-7-6-12-24-14-16-25(17-15-24)20-8-2-1-3-9-20;;/h1-3,8-9H,4-7,10-19H2;2*1H. The van der Waals surface area contributed by atoms with E-state index in [1.807, 2.05) is 0 Å². The lowest BCUT2D eigenvalue weighted by Gasteiger charge is -2.37. The number of rotatable bonds is 6. The van der Waals surface area contributed by atoms with Crippen molar-refractivity contribution in [3.8, 4) is 0 Å². The van der Waals surface area contributed by atoms with Crippen LogP contribution in [0.4, 0.5) is 5.69 Å². The highest BCUT2D eigenvalue weighted by atomic mass is 35.5. The molecule has 0 atom stereocenters. The van der Waals surface area contributed by atoms with Crippen molar-refractivity contribution in [2.75, 3.05) is 44.2 Å². The van der Waals surface area contributed by atoms with E-state index in [1.54, 1.807) is 4.90 Å². The second-order valence-electron chi connectivity index (χ2n) is 8.87.